The van der Waals surface area contributed by atoms with Gasteiger partial charge in [-0.1, -0.05) is 23.2 Å². The van der Waals surface area contributed by atoms with Crippen LogP contribution in [-0.4, -0.2) is 31.5 Å². The molecule has 0 aliphatic rings. The Morgan fingerprint density at radius 3 is 2.69 bits per heavy atom. The van der Waals surface area contributed by atoms with Crippen molar-refractivity contribution >= 4 is 40.7 Å². The molecule has 0 aliphatic carbocycles. The maximum Gasteiger partial charge on any atom is 0.236 e. The Bertz CT molecular complexity index is 411. The standard InChI is InChI=1S/C9H12Cl2N4O/c1-13-8-5(10)3-6(11)9(14-8)15(2)4-7(12)16/h3H,4H2,1-2H3,(H2,12,16)(H,13,14). The molecule has 0 radical (unpaired) electrons. The molecule has 0 aromatic carbocycles. The van der Waals surface area contributed by atoms with Gasteiger partial charge in [-0.05, 0) is 6.07 Å². The van der Waals surface area contributed by atoms with E-state index in [1.165, 1.54) is 0 Å². The van der Waals surface area contributed by atoms with E-state index in [9.17, 15) is 4.79 Å². The number of nitrogens with zero attached hydrogens (tertiary/aromatic N) is 2. The fraction of sp³-hybridized carbons (Fsp3) is 0.333. The third-order valence-electron chi connectivity index (χ3n) is 1.90. The minimum Gasteiger partial charge on any atom is -0.372 e. The molecule has 1 aromatic heterocycles. The van der Waals surface area contributed by atoms with E-state index >= 15 is 0 Å². The second kappa shape index (κ2) is 5.23. The Hall–Kier alpha value is -1.20. The largest absolute Gasteiger partial charge is 0.372 e. The van der Waals surface area contributed by atoms with Crippen molar-refractivity contribution in [2.24, 2.45) is 5.73 Å². The molecule has 1 aromatic rings. The van der Waals surface area contributed by atoms with E-state index in [0.29, 0.717) is 21.7 Å². The molecule has 0 spiro atoms. The van der Waals surface area contributed by atoms with Crippen molar-refractivity contribution in [1.29, 1.82) is 0 Å². The molecule has 0 saturated heterocycles. The summed E-state index contributed by atoms with van der Waals surface area (Å²) in [5, 5.41) is 3.61. The van der Waals surface area contributed by atoms with Gasteiger partial charge in [0, 0.05) is 14.1 Å². The third kappa shape index (κ3) is 2.90. The van der Waals surface area contributed by atoms with E-state index in [0.717, 1.165) is 0 Å². The van der Waals surface area contributed by atoms with Gasteiger partial charge in [0.1, 0.15) is 11.6 Å². The molecule has 88 valence electrons. The summed E-state index contributed by atoms with van der Waals surface area (Å²) in [7, 11) is 3.37. The number of aromatic nitrogens is 1. The molecule has 3 N–H and O–H groups in total. The van der Waals surface area contributed by atoms with E-state index in [1.807, 2.05) is 0 Å². The predicted octanol–water partition coefficient (Wildman–Crippen LogP) is 1.35. The minimum absolute atomic E-state index is 0.0392. The lowest BCUT2D eigenvalue weighted by Crippen LogP contribution is -2.31. The summed E-state index contributed by atoms with van der Waals surface area (Å²) in [6.45, 7) is 0.0392. The van der Waals surface area contributed by atoms with Gasteiger partial charge in [0.15, 0.2) is 0 Å². The number of rotatable bonds is 4. The lowest BCUT2D eigenvalue weighted by atomic mass is 10.4. The van der Waals surface area contributed by atoms with Crippen molar-refractivity contribution < 1.29 is 4.79 Å². The molecular formula is C9H12Cl2N4O. The molecule has 7 heteroatoms. The van der Waals surface area contributed by atoms with Gasteiger partial charge in [-0.15, -0.1) is 0 Å². The van der Waals surface area contributed by atoms with Crippen LogP contribution in [0.15, 0.2) is 6.07 Å². The number of amides is 1. The van der Waals surface area contributed by atoms with Crippen LogP contribution < -0.4 is 16.0 Å². The first-order valence-electron chi connectivity index (χ1n) is 4.49. The summed E-state index contributed by atoms with van der Waals surface area (Å²) >= 11 is 11.9. The second-order valence-electron chi connectivity index (χ2n) is 3.20. The highest BCUT2D eigenvalue weighted by atomic mass is 35.5. The number of hydrogen-bond acceptors (Lipinski definition) is 4. The Kier molecular flexibility index (Phi) is 4.20. The summed E-state index contributed by atoms with van der Waals surface area (Å²) in [6, 6.07) is 1.56. The van der Waals surface area contributed by atoms with E-state index in [4.69, 9.17) is 28.9 Å². The normalized spacial score (nSPS) is 10.0. The minimum atomic E-state index is -0.457. The highest BCUT2D eigenvalue weighted by Gasteiger charge is 2.13. The molecule has 1 amide bonds. The monoisotopic (exact) mass is 262 g/mol. The van der Waals surface area contributed by atoms with Gasteiger partial charge in [0.25, 0.3) is 0 Å². The van der Waals surface area contributed by atoms with Crippen molar-refractivity contribution in [3.63, 3.8) is 0 Å². The van der Waals surface area contributed by atoms with E-state index < -0.39 is 5.91 Å². The van der Waals surface area contributed by atoms with Gasteiger partial charge in [-0.25, -0.2) is 4.98 Å². The lowest BCUT2D eigenvalue weighted by Gasteiger charge is -2.18. The third-order valence-corrected chi connectivity index (χ3v) is 2.47. The number of pyridine rings is 1. The number of nitrogens with two attached hydrogens (primary N) is 1. The Morgan fingerprint density at radius 2 is 2.19 bits per heavy atom. The van der Waals surface area contributed by atoms with Crippen LogP contribution in [0.5, 0.6) is 0 Å². The molecule has 16 heavy (non-hydrogen) atoms. The number of likely N-dealkylation sites (N-methyl/N-ethyl adjacent to an activating group) is 1. The van der Waals surface area contributed by atoms with Gasteiger partial charge < -0.3 is 16.0 Å². The Morgan fingerprint density at radius 1 is 1.56 bits per heavy atom. The average Bonchev–Trinajstić information content (AvgIpc) is 2.16. The average molecular weight is 263 g/mol. The van der Waals surface area contributed by atoms with E-state index in [-0.39, 0.29) is 6.54 Å². The molecule has 0 unspecified atom stereocenters. The summed E-state index contributed by atoms with van der Waals surface area (Å²) in [5.74, 6) is 0.493. The summed E-state index contributed by atoms with van der Waals surface area (Å²) in [5.41, 5.74) is 5.09. The highest BCUT2D eigenvalue weighted by Crippen LogP contribution is 2.30. The summed E-state index contributed by atoms with van der Waals surface area (Å²) < 4.78 is 0. The van der Waals surface area contributed by atoms with E-state index in [1.54, 1.807) is 25.1 Å². The molecule has 5 nitrogen and oxygen atoms in total. The van der Waals surface area contributed by atoms with Crippen LogP contribution in [0.3, 0.4) is 0 Å². The molecule has 0 saturated carbocycles. The van der Waals surface area contributed by atoms with Crippen molar-refractivity contribution in [3.8, 4) is 0 Å². The van der Waals surface area contributed by atoms with E-state index in [2.05, 4.69) is 10.3 Å². The van der Waals surface area contributed by atoms with Crippen LogP contribution in [0.2, 0.25) is 10.0 Å². The lowest BCUT2D eigenvalue weighted by molar-refractivity contribution is -0.116. The molecular weight excluding hydrogens is 251 g/mol. The molecule has 0 bridgehead atoms. The zero-order valence-electron chi connectivity index (χ0n) is 8.92. The van der Waals surface area contributed by atoms with Gasteiger partial charge in [-0.2, -0.15) is 0 Å². The first kappa shape index (κ1) is 12.9. The Labute approximate surface area is 104 Å². The number of carbonyl (C=O) groups excluding carboxylic acids is 1. The number of nitrogens with one attached hydrogen (secondary N) is 1. The van der Waals surface area contributed by atoms with Crippen LogP contribution in [0.1, 0.15) is 0 Å². The SMILES string of the molecule is CNc1nc(N(C)CC(N)=O)c(Cl)cc1Cl. The zero-order chi connectivity index (χ0) is 12.3. The number of anilines is 2. The zero-order valence-corrected chi connectivity index (χ0v) is 10.4. The number of primary amides is 1. The smallest absolute Gasteiger partial charge is 0.236 e. The van der Waals surface area contributed by atoms with Gasteiger partial charge in [-0.3, -0.25) is 4.79 Å². The molecule has 1 rings (SSSR count). The van der Waals surface area contributed by atoms with Crippen molar-refractivity contribution in [2.45, 2.75) is 0 Å². The van der Waals surface area contributed by atoms with Gasteiger partial charge in [0.2, 0.25) is 5.91 Å². The predicted molar refractivity (Wildman–Crippen MR) is 66.3 cm³/mol. The second-order valence-corrected chi connectivity index (χ2v) is 4.01. The number of halogens is 2. The molecule has 0 atom stereocenters. The topological polar surface area (TPSA) is 71.2 Å². The summed E-state index contributed by atoms with van der Waals surface area (Å²) in [4.78, 5) is 16.5. The number of hydrogen-bond donors (Lipinski definition) is 2. The van der Waals surface area contributed by atoms with Crippen LogP contribution >= 0.6 is 23.2 Å². The molecule has 1 heterocycles. The van der Waals surface area contributed by atoms with Crippen LogP contribution in [-0.2, 0) is 4.79 Å². The maximum atomic E-state index is 10.8. The van der Waals surface area contributed by atoms with Crippen molar-refractivity contribution in [1.82, 2.24) is 4.98 Å². The fourth-order valence-corrected chi connectivity index (χ4v) is 1.81. The molecule has 0 aliphatic heterocycles. The van der Waals surface area contributed by atoms with Crippen LogP contribution in [0, 0.1) is 0 Å². The summed E-state index contributed by atoms with van der Waals surface area (Å²) in [6.07, 6.45) is 0. The van der Waals surface area contributed by atoms with Crippen molar-refractivity contribution in [3.05, 3.63) is 16.1 Å². The Balaban J connectivity index is 3.08. The van der Waals surface area contributed by atoms with Crippen LogP contribution in [0.4, 0.5) is 11.6 Å². The first-order valence-corrected chi connectivity index (χ1v) is 5.24. The maximum absolute atomic E-state index is 10.8. The van der Waals surface area contributed by atoms with Crippen molar-refractivity contribution in [2.75, 3.05) is 30.9 Å². The quantitative estimate of drug-likeness (QED) is 0.860. The number of carbonyl (C=O) groups is 1. The highest BCUT2D eigenvalue weighted by molar-refractivity contribution is 6.37. The fourth-order valence-electron chi connectivity index (χ4n) is 1.21. The van der Waals surface area contributed by atoms with Gasteiger partial charge >= 0.3 is 0 Å². The molecule has 0 fully saturated rings. The van der Waals surface area contributed by atoms with Crippen LogP contribution in [0.25, 0.3) is 0 Å². The van der Waals surface area contributed by atoms with Gasteiger partial charge in [0.05, 0.1) is 16.6 Å². The first-order chi connectivity index (χ1) is 7.45.